The van der Waals surface area contributed by atoms with Gasteiger partial charge in [0.25, 0.3) is 17.0 Å². The maximum Gasteiger partial charge on any atom is 0.338 e. The molecule has 0 radical (unpaired) electrons. The van der Waals surface area contributed by atoms with Gasteiger partial charge in [0.1, 0.15) is 34.0 Å². The third-order valence-electron chi connectivity index (χ3n) is 23.4. The van der Waals surface area contributed by atoms with Gasteiger partial charge in [-0.2, -0.15) is 0 Å². The molecule has 3 aliphatic heterocycles. The van der Waals surface area contributed by atoms with Crippen molar-refractivity contribution >= 4 is 80.2 Å². The lowest BCUT2D eigenvalue weighted by Gasteiger charge is -2.37. The first-order valence-corrected chi connectivity index (χ1v) is 39.9. The van der Waals surface area contributed by atoms with Crippen LogP contribution in [0.4, 0.5) is 17.1 Å². The van der Waals surface area contributed by atoms with E-state index >= 15 is 0 Å². The predicted molar refractivity (Wildman–Crippen MR) is 429 cm³/mol. The van der Waals surface area contributed by atoms with Crippen LogP contribution >= 0.6 is 12.4 Å². The molecule has 8 heterocycles. The number of esters is 1. The van der Waals surface area contributed by atoms with Gasteiger partial charge in [0.15, 0.2) is 0 Å². The van der Waals surface area contributed by atoms with Gasteiger partial charge in [-0.05, 0) is 203 Å². The molecule has 20 nitrogen and oxygen atoms in total. The minimum Gasteiger partial charge on any atom is -0.478 e. The third kappa shape index (κ3) is 18.4. The number of aromatic nitrogens is 2. The van der Waals surface area contributed by atoms with E-state index in [1.807, 2.05) is 52.8 Å². The van der Waals surface area contributed by atoms with Crippen LogP contribution in [-0.2, 0) is 51.3 Å². The van der Waals surface area contributed by atoms with E-state index in [1.54, 1.807) is 0 Å². The molecule has 582 valence electrons. The maximum absolute atomic E-state index is 14.0. The van der Waals surface area contributed by atoms with Gasteiger partial charge < -0.3 is 73.0 Å². The van der Waals surface area contributed by atoms with Crippen LogP contribution < -0.4 is 36.9 Å². The standard InChI is InChI=1S/C31H41N3O4.C24H33NO4.C23H31NO4.C8H12N2O.ClH/c1-5-23-26(34(6-2)22-11-13-37-14-12-22)17-28-24(16-27(38-28)21-9-7-8-10-21)29(23)31(36)32-18-25-19(3)15-20(4)33-30(25)35;1-4-18-20(25(5-2)17-10-12-28-13-11-17)15-22-19(23(18)24(26)27-3)14-21(29-22)16-8-6-7-9-16;1-3-17-19(24(4-2)16-9-11-27-12-10-16)14-21-18(22(17)23(25)26)13-20(28-21)15-7-5-6-8-15;1-5-3-6(2)10-8(11)7(5)4-9;/h15-17,21-22H,5-14,18H2,1-4H3,(H,32,36)(H,33,35);14-17H,4-13H2,1-3H3;13-16H,3-12H2,1-2H3,(H,25,26);3H,4,9H2,1-2H3,(H,10,11);1H. The van der Waals surface area contributed by atoms with Crippen LogP contribution in [0, 0.1) is 27.7 Å². The Morgan fingerprint density at radius 3 is 1.12 bits per heavy atom. The van der Waals surface area contributed by atoms with Crippen molar-refractivity contribution in [2.75, 3.05) is 81.1 Å². The number of hydrogen-bond acceptors (Lipinski definition) is 16. The molecule has 21 heteroatoms. The Labute approximate surface area is 637 Å². The number of rotatable bonds is 21. The van der Waals surface area contributed by atoms with Crippen molar-refractivity contribution < 1.29 is 51.7 Å². The van der Waals surface area contributed by atoms with E-state index in [9.17, 15) is 29.1 Å². The summed E-state index contributed by atoms with van der Waals surface area (Å²) in [7, 11) is 1.47. The summed E-state index contributed by atoms with van der Waals surface area (Å²) >= 11 is 0. The van der Waals surface area contributed by atoms with Gasteiger partial charge in [-0.15, -0.1) is 12.4 Å². The fourth-order valence-corrected chi connectivity index (χ4v) is 18.0. The number of pyridine rings is 2. The van der Waals surface area contributed by atoms with E-state index in [4.69, 9.17) is 37.9 Å². The Morgan fingerprint density at radius 2 is 0.804 bits per heavy atom. The Morgan fingerprint density at radius 1 is 0.477 bits per heavy atom. The SMILES string of the molecule is CCc1c(N(CC)C2CCOCC2)cc2oc(C3CCCC3)cc2c1C(=O)NCc1c(C)cc(C)[nH]c1=O.CCc1c(N(CC)C2CCOCC2)cc2oc(C3CCCC3)cc2c1C(=O)O.CCc1c(N(CC)C2CCOCC2)cc2oc(C3CCCC3)cc2c1C(=O)OC.Cc1cc(C)c(CN)c(=O)[nH]1.Cl. The first-order valence-electron chi connectivity index (χ1n) is 39.9. The number of anilines is 3. The number of aryl methyl sites for hydroxylation is 4. The number of ether oxygens (including phenoxy) is 4. The van der Waals surface area contributed by atoms with E-state index < -0.39 is 5.97 Å². The molecule has 6 aliphatic rings. The molecule has 0 atom stereocenters. The van der Waals surface area contributed by atoms with Crippen molar-refractivity contribution in [3.63, 3.8) is 0 Å². The minimum absolute atomic E-state index is 0. The van der Waals surface area contributed by atoms with E-state index in [1.165, 1.54) is 58.5 Å². The number of nitrogens with two attached hydrogens (primary N) is 1. The average Bonchev–Trinajstić information content (AvgIpc) is 1.41. The molecule has 3 saturated heterocycles. The van der Waals surface area contributed by atoms with Gasteiger partial charge in [0.05, 0.1) is 23.8 Å². The molecule has 0 bridgehead atoms. The molecule has 3 aliphatic carbocycles. The third-order valence-corrected chi connectivity index (χ3v) is 23.4. The number of aromatic amines is 2. The van der Waals surface area contributed by atoms with Crippen LogP contribution in [0.3, 0.4) is 0 Å². The number of H-pyrrole nitrogens is 2. The van der Waals surface area contributed by atoms with Gasteiger partial charge in [0.2, 0.25) is 0 Å². The first-order chi connectivity index (χ1) is 51.4. The molecule has 0 spiro atoms. The number of amides is 1. The number of methoxy groups -OCH3 is 1. The highest BCUT2D eigenvalue weighted by atomic mass is 35.5. The number of fused-ring (bicyclic) bond motifs is 3. The predicted octanol–water partition coefficient (Wildman–Crippen LogP) is 17.6. The zero-order chi connectivity index (χ0) is 75.3. The molecule has 6 N–H and O–H groups in total. The van der Waals surface area contributed by atoms with Gasteiger partial charge in [-0.3, -0.25) is 14.4 Å². The summed E-state index contributed by atoms with van der Waals surface area (Å²) in [6.07, 6.45) is 22.4. The van der Waals surface area contributed by atoms with Gasteiger partial charge in [-0.25, -0.2) is 9.59 Å². The topological polar surface area (TPSA) is 261 Å². The number of nitrogens with one attached hydrogen (secondary N) is 3. The smallest absolute Gasteiger partial charge is 0.338 e. The van der Waals surface area contributed by atoms with Crippen LogP contribution in [0.5, 0.6) is 0 Å². The Kier molecular flexibility index (Phi) is 29.0. The van der Waals surface area contributed by atoms with Crippen molar-refractivity contribution in [3.8, 4) is 0 Å². The highest BCUT2D eigenvalue weighted by Crippen LogP contribution is 2.45. The molecule has 1 amide bonds. The number of nitrogens with zero attached hydrogens (tertiary/aromatic N) is 3. The number of hydrogen-bond donors (Lipinski definition) is 5. The number of benzene rings is 3. The second-order valence-electron chi connectivity index (χ2n) is 29.9. The normalized spacial score (nSPS) is 16.9. The second-order valence-corrected chi connectivity index (χ2v) is 29.9. The van der Waals surface area contributed by atoms with Crippen LogP contribution in [0.25, 0.3) is 32.9 Å². The van der Waals surface area contributed by atoms with Crippen molar-refractivity contribution in [2.24, 2.45) is 5.73 Å². The molecular weight excluding hydrogens is 1370 g/mol. The quantitative estimate of drug-likeness (QED) is 0.0419. The number of halogens is 1. The summed E-state index contributed by atoms with van der Waals surface area (Å²) in [6, 6.07) is 17.7. The minimum atomic E-state index is -0.856. The molecular formula is C86H118ClN7O13. The molecule has 107 heavy (non-hydrogen) atoms. The number of carbonyl (C=O) groups excluding carboxylic acids is 2. The lowest BCUT2D eigenvalue weighted by Crippen LogP contribution is -2.40. The van der Waals surface area contributed by atoms with Crippen molar-refractivity contribution in [1.82, 2.24) is 15.3 Å². The molecule has 14 rings (SSSR count). The summed E-state index contributed by atoms with van der Waals surface area (Å²) in [6.45, 7) is 28.0. The van der Waals surface area contributed by atoms with Crippen molar-refractivity contribution in [3.05, 3.63) is 154 Å². The number of furan rings is 3. The summed E-state index contributed by atoms with van der Waals surface area (Å²) in [5, 5.41) is 15.7. The highest BCUT2D eigenvalue weighted by Gasteiger charge is 2.34. The lowest BCUT2D eigenvalue weighted by atomic mass is 9.95. The molecule has 3 saturated carbocycles. The maximum atomic E-state index is 14.0. The zero-order valence-electron chi connectivity index (χ0n) is 65.4. The highest BCUT2D eigenvalue weighted by molar-refractivity contribution is 6.10. The van der Waals surface area contributed by atoms with Gasteiger partial charge >= 0.3 is 11.9 Å². The van der Waals surface area contributed by atoms with Crippen LogP contribution in [-0.4, -0.2) is 117 Å². The average molecular weight is 1490 g/mol. The van der Waals surface area contributed by atoms with E-state index in [-0.39, 0.29) is 41.9 Å². The first kappa shape index (κ1) is 81.6. The lowest BCUT2D eigenvalue weighted by molar-refractivity contribution is 0.0600. The largest absolute Gasteiger partial charge is 0.478 e. The Hall–Kier alpha value is -7.88. The molecule has 3 aromatic carbocycles. The van der Waals surface area contributed by atoms with Crippen LogP contribution in [0.15, 0.2) is 71.4 Å². The Bertz CT molecular complexity index is 4450. The Balaban J connectivity index is 0.000000161. The number of carbonyl (C=O) groups is 3. The van der Waals surface area contributed by atoms with Gasteiger partial charge in [0, 0.05) is 182 Å². The molecule has 0 unspecified atom stereocenters. The molecule has 6 fully saturated rings. The summed E-state index contributed by atoms with van der Waals surface area (Å²) < 4.78 is 41.1. The van der Waals surface area contributed by atoms with Crippen molar-refractivity contribution in [1.29, 1.82) is 0 Å². The van der Waals surface area contributed by atoms with Crippen molar-refractivity contribution in [2.45, 2.75) is 253 Å². The van der Waals surface area contributed by atoms with E-state index in [2.05, 4.69) is 94.9 Å². The van der Waals surface area contributed by atoms with Crippen LogP contribution in [0.1, 0.15) is 274 Å². The summed E-state index contributed by atoms with van der Waals surface area (Å²) in [4.78, 5) is 75.7. The zero-order valence-corrected chi connectivity index (χ0v) is 66.2. The number of carboxylic acids is 1. The number of carboxylic acid groups (broad SMARTS) is 1. The molecule has 5 aromatic heterocycles. The number of aromatic carboxylic acids is 1. The fraction of sp³-hybridized carbons (Fsp3) is 0.570. The van der Waals surface area contributed by atoms with E-state index in [0.29, 0.717) is 76.7 Å². The monoisotopic (exact) mass is 1490 g/mol. The summed E-state index contributed by atoms with van der Waals surface area (Å²) in [5.41, 5.74) is 20.3. The molecule has 8 aromatic rings. The van der Waals surface area contributed by atoms with Gasteiger partial charge in [-0.1, -0.05) is 59.3 Å². The van der Waals surface area contributed by atoms with E-state index in [0.717, 1.165) is 243 Å². The summed E-state index contributed by atoms with van der Waals surface area (Å²) in [5.74, 6) is 3.01. The van der Waals surface area contributed by atoms with Crippen LogP contribution in [0.2, 0.25) is 0 Å². The fourth-order valence-electron chi connectivity index (χ4n) is 18.0. The second kappa shape index (κ2) is 38.0.